The molecular weight excluding hydrogens is 446 g/mol. The summed E-state index contributed by atoms with van der Waals surface area (Å²) in [4.78, 5) is 40.3. The number of thiazole rings is 1. The Morgan fingerprint density at radius 1 is 1.21 bits per heavy atom. The Bertz CT molecular complexity index is 1430. The van der Waals surface area contributed by atoms with Crippen LogP contribution in [0.3, 0.4) is 0 Å². The standard InChI is InChI=1S/C22H19N5O5S/c1-3-32-20(28)13-25-18-10-9-16(27(30)31)11-19(18)33-22(25)24-21(29)17-12-23-26(14(17)2)15-7-5-4-6-8-15/h4-12H,3,13H2,1-2H3. The number of nitro groups is 1. The van der Waals surface area contributed by atoms with Gasteiger partial charge in [0, 0.05) is 12.1 Å². The quantitative estimate of drug-likeness (QED) is 0.244. The molecule has 4 aromatic rings. The van der Waals surface area contributed by atoms with Crippen LogP contribution in [0.1, 0.15) is 23.0 Å². The Morgan fingerprint density at radius 3 is 2.67 bits per heavy atom. The fourth-order valence-electron chi connectivity index (χ4n) is 3.35. The maximum Gasteiger partial charge on any atom is 0.326 e. The van der Waals surface area contributed by atoms with Crippen molar-refractivity contribution in [2.24, 2.45) is 4.99 Å². The van der Waals surface area contributed by atoms with Crippen LogP contribution in [0.5, 0.6) is 0 Å². The monoisotopic (exact) mass is 465 g/mol. The van der Waals surface area contributed by atoms with Gasteiger partial charge in [0.2, 0.25) is 0 Å². The predicted molar refractivity (Wildman–Crippen MR) is 121 cm³/mol. The highest BCUT2D eigenvalue weighted by molar-refractivity contribution is 7.16. The van der Waals surface area contributed by atoms with Crippen molar-refractivity contribution < 1.29 is 19.2 Å². The first-order valence-corrected chi connectivity index (χ1v) is 10.8. The molecule has 0 radical (unpaired) electrons. The molecule has 2 aromatic heterocycles. The van der Waals surface area contributed by atoms with Gasteiger partial charge in [0.1, 0.15) is 6.54 Å². The number of aromatic nitrogens is 3. The maximum absolute atomic E-state index is 13.0. The van der Waals surface area contributed by atoms with E-state index in [4.69, 9.17) is 4.74 Å². The van der Waals surface area contributed by atoms with Crippen LogP contribution in [0.15, 0.2) is 59.7 Å². The first-order chi connectivity index (χ1) is 15.9. The average Bonchev–Trinajstić information content (AvgIpc) is 3.34. The summed E-state index contributed by atoms with van der Waals surface area (Å²) in [5.41, 5.74) is 2.18. The Morgan fingerprint density at radius 2 is 1.97 bits per heavy atom. The summed E-state index contributed by atoms with van der Waals surface area (Å²) in [5, 5.41) is 15.5. The third-order valence-corrected chi connectivity index (χ3v) is 5.95. The molecule has 0 saturated heterocycles. The van der Waals surface area contributed by atoms with Crippen molar-refractivity contribution in [3.05, 3.63) is 80.9 Å². The SMILES string of the molecule is CCOC(=O)Cn1c(=NC(=O)c2cnn(-c3ccccc3)c2C)sc2cc([N+](=O)[O-])ccc21. The van der Waals surface area contributed by atoms with Gasteiger partial charge in [0.25, 0.3) is 11.6 Å². The van der Waals surface area contributed by atoms with E-state index in [1.807, 2.05) is 30.3 Å². The number of amides is 1. The summed E-state index contributed by atoms with van der Waals surface area (Å²) in [6, 6.07) is 13.6. The van der Waals surface area contributed by atoms with Crippen LogP contribution >= 0.6 is 11.3 Å². The lowest BCUT2D eigenvalue weighted by Crippen LogP contribution is -2.23. The fraction of sp³-hybridized carbons (Fsp3) is 0.182. The number of hydrogen-bond acceptors (Lipinski definition) is 7. The lowest BCUT2D eigenvalue weighted by atomic mass is 10.2. The van der Waals surface area contributed by atoms with E-state index >= 15 is 0 Å². The number of benzene rings is 2. The van der Waals surface area contributed by atoms with Crippen molar-refractivity contribution in [3.8, 4) is 5.69 Å². The molecule has 11 heteroatoms. The number of ether oxygens (including phenoxy) is 1. The number of para-hydroxylation sites is 1. The van der Waals surface area contributed by atoms with E-state index in [1.54, 1.807) is 18.5 Å². The van der Waals surface area contributed by atoms with Gasteiger partial charge in [-0.2, -0.15) is 10.1 Å². The molecule has 2 aromatic carbocycles. The van der Waals surface area contributed by atoms with Crippen molar-refractivity contribution >= 4 is 39.1 Å². The first kappa shape index (κ1) is 22.1. The highest BCUT2D eigenvalue weighted by Gasteiger charge is 2.18. The summed E-state index contributed by atoms with van der Waals surface area (Å²) >= 11 is 1.08. The number of nitrogens with zero attached hydrogens (tertiary/aromatic N) is 5. The molecule has 0 aliphatic carbocycles. The number of hydrogen-bond donors (Lipinski definition) is 0. The van der Waals surface area contributed by atoms with Crippen LogP contribution in [-0.4, -0.2) is 37.8 Å². The van der Waals surface area contributed by atoms with Gasteiger partial charge in [-0.15, -0.1) is 0 Å². The molecule has 0 aliphatic rings. The third-order valence-electron chi connectivity index (χ3n) is 4.91. The van der Waals surface area contributed by atoms with E-state index in [1.165, 1.54) is 29.0 Å². The minimum Gasteiger partial charge on any atom is -0.465 e. The number of rotatable bonds is 6. The van der Waals surface area contributed by atoms with E-state index in [-0.39, 0.29) is 23.6 Å². The summed E-state index contributed by atoms with van der Waals surface area (Å²) < 4.78 is 8.73. The predicted octanol–water partition coefficient (Wildman–Crippen LogP) is 3.41. The molecule has 2 heterocycles. The van der Waals surface area contributed by atoms with Gasteiger partial charge >= 0.3 is 5.97 Å². The number of nitro benzene ring substituents is 1. The van der Waals surface area contributed by atoms with Crippen LogP contribution in [0, 0.1) is 17.0 Å². The van der Waals surface area contributed by atoms with Gasteiger partial charge < -0.3 is 9.30 Å². The number of carbonyl (C=O) groups excluding carboxylic acids is 2. The normalized spacial score (nSPS) is 11.6. The second kappa shape index (κ2) is 9.17. The van der Waals surface area contributed by atoms with Gasteiger partial charge in [-0.25, -0.2) is 4.68 Å². The Kier molecular flexibility index (Phi) is 6.13. The molecule has 33 heavy (non-hydrogen) atoms. The lowest BCUT2D eigenvalue weighted by Gasteiger charge is -2.05. The second-order valence-electron chi connectivity index (χ2n) is 6.99. The molecule has 0 atom stereocenters. The summed E-state index contributed by atoms with van der Waals surface area (Å²) in [6.45, 7) is 3.49. The average molecular weight is 465 g/mol. The zero-order valence-corrected chi connectivity index (χ0v) is 18.6. The highest BCUT2D eigenvalue weighted by atomic mass is 32.1. The van der Waals surface area contributed by atoms with E-state index in [9.17, 15) is 19.7 Å². The molecule has 4 rings (SSSR count). The van der Waals surface area contributed by atoms with Gasteiger partial charge in [-0.05, 0) is 32.0 Å². The van der Waals surface area contributed by atoms with Crippen molar-refractivity contribution in [1.82, 2.24) is 14.3 Å². The van der Waals surface area contributed by atoms with E-state index in [2.05, 4.69) is 10.1 Å². The highest BCUT2D eigenvalue weighted by Crippen LogP contribution is 2.23. The Balaban J connectivity index is 1.80. The smallest absolute Gasteiger partial charge is 0.326 e. The largest absolute Gasteiger partial charge is 0.465 e. The Hall–Kier alpha value is -4.12. The van der Waals surface area contributed by atoms with Crippen LogP contribution in [0.4, 0.5) is 5.69 Å². The maximum atomic E-state index is 13.0. The molecule has 0 bridgehead atoms. The molecular formula is C22H19N5O5S. The van der Waals surface area contributed by atoms with Crippen molar-refractivity contribution in [2.45, 2.75) is 20.4 Å². The molecule has 0 N–H and O–H groups in total. The topological polar surface area (TPSA) is 122 Å². The summed E-state index contributed by atoms with van der Waals surface area (Å²) in [6.07, 6.45) is 1.45. The fourth-order valence-corrected chi connectivity index (χ4v) is 4.41. The van der Waals surface area contributed by atoms with Gasteiger partial charge in [0.15, 0.2) is 4.80 Å². The number of carbonyl (C=O) groups is 2. The molecule has 0 unspecified atom stereocenters. The van der Waals surface area contributed by atoms with Gasteiger partial charge in [-0.1, -0.05) is 29.5 Å². The second-order valence-corrected chi connectivity index (χ2v) is 8.00. The lowest BCUT2D eigenvalue weighted by molar-refractivity contribution is -0.384. The Labute approximate surface area is 191 Å². The molecule has 0 aliphatic heterocycles. The molecule has 10 nitrogen and oxygen atoms in total. The zero-order valence-electron chi connectivity index (χ0n) is 17.8. The van der Waals surface area contributed by atoms with Crippen LogP contribution in [0.2, 0.25) is 0 Å². The third kappa shape index (κ3) is 4.44. The van der Waals surface area contributed by atoms with Crippen LogP contribution < -0.4 is 4.80 Å². The van der Waals surface area contributed by atoms with Crippen molar-refractivity contribution in [3.63, 3.8) is 0 Å². The van der Waals surface area contributed by atoms with E-state index in [0.29, 0.717) is 21.5 Å². The minimum atomic E-state index is -0.534. The van der Waals surface area contributed by atoms with Crippen molar-refractivity contribution in [2.75, 3.05) is 6.61 Å². The summed E-state index contributed by atoms with van der Waals surface area (Å²) in [7, 11) is 0. The van der Waals surface area contributed by atoms with E-state index in [0.717, 1.165) is 17.0 Å². The number of esters is 1. The molecule has 1 amide bonds. The zero-order chi connectivity index (χ0) is 23.5. The van der Waals surface area contributed by atoms with Gasteiger partial charge in [0.05, 0.1) is 44.9 Å². The van der Waals surface area contributed by atoms with Crippen molar-refractivity contribution in [1.29, 1.82) is 0 Å². The van der Waals surface area contributed by atoms with E-state index < -0.39 is 16.8 Å². The molecule has 0 spiro atoms. The van der Waals surface area contributed by atoms with Crippen LogP contribution in [-0.2, 0) is 16.1 Å². The first-order valence-electron chi connectivity index (χ1n) is 10.0. The minimum absolute atomic E-state index is 0.0927. The number of non-ortho nitro benzene ring substituents is 1. The summed E-state index contributed by atoms with van der Waals surface area (Å²) in [5.74, 6) is -1.04. The molecule has 0 fully saturated rings. The molecule has 0 saturated carbocycles. The van der Waals surface area contributed by atoms with Crippen LogP contribution in [0.25, 0.3) is 15.9 Å². The number of fused-ring (bicyclic) bond motifs is 1. The van der Waals surface area contributed by atoms with Gasteiger partial charge in [-0.3, -0.25) is 19.7 Å². The molecule has 168 valence electrons.